The molecular weight excluding hydrogens is 460 g/mol. The molecule has 33 heavy (non-hydrogen) atoms. The first-order chi connectivity index (χ1) is 15.9. The van der Waals surface area contributed by atoms with Gasteiger partial charge >= 0.3 is 0 Å². The number of carbonyl (C=O) groups excluding carboxylic acids is 1. The van der Waals surface area contributed by atoms with Crippen molar-refractivity contribution in [1.82, 2.24) is 9.62 Å². The van der Waals surface area contributed by atoms with Crippen molar-refractivity contribution in [2.75, 3.05) is 36.4 Å². The smallest absolute Gasteiger partial charge is 0.253 e. The third-order valence-corrected chi connectivity index (χ3v) is 7.70. The van der Waals surface area contributed by atoms with Crippen LogP contribution in [0.4, 0.5) is 11.4 Å². The number of anilines is 2. The summed E-state index contributed by atoms with van der Waals surface area (Å²) in [6.45, 7) is 2.70. The van der Waals surface area contributed by atoms with Crippen molar-refractivity contribution >= 4 is 38.9 Å². The van der Waals surface area contributed by atoms with E-state index in [1.165, 1.54) is 0 Å². The Morgan fingerprint density at radius 3 is 2.36 bits per heavy atom. The number of halogens is 1. The van der Waals surface area contributed by atoms with Crippen molar-refractivity contribution in [3.05, 3.63) is 88.9 Å². The maximum atomic E-state index is 13.0. The predicted octanol–water partition coefficient (Wildman–Crippen LogP) is 3.71. The van der Waals surface area contributed by atoms with Crippen LogP contribution in [0.25, 0.3) is 0 Å². The van der Waals surface area contributed by atoms with Crippen LogP contribution in [0.3, 0.4) is 0 Å². The van der Waals surface area contributed by atoms with Crippen molar-refractivity contribution in [1.29, 1.82) is 0 Å². The van der Waals surface area contributed by atoms with E-state index >= 15 is 0 Å². The van der Waals surface area contributed by atoms with Gasteiger partial charge in [0.25, 0.3) is 5.91 Å². The topological polar surface area (TPSA) is 81.7 Å². The zero-order chi connectivity index (χ0) is 23.0. The Morgan fingerprint density at radius 1 is 0.909 bits per heavy atom. The molecule has 2 heterocycles. The summed E-state index contributed by atoms with van der Waals surface area (Å²) >= 11 is 6.10. The lowest BCUT2D eigenvalue weighted by Crippen LogP contribution is -2.48. The summed E-state index contributed by atoms with van der Waals surface area (Å²) in [5.41, 5.74) is 2.92. The molecule has 1 unspecified atom stereocenters. The summed E-state index contributed by atoms with van der Waals surface area (Å²) < 4.78 is 27.8. The number of rotatable bonds is 3. The Kier molecular flexibility index (Phi) is 5.74. The number of nitrogens with zero attached hydrogens (tertiary/aromatic N) is 2. The molecule has 1 amide bonds. The molecule has 0 spiro atoms. The van der Waals surface area contributed by atoms with Crippen LogP contribution in [-0.2, 0) is 10.0 Å². The Labute approximate surface area is 198 Å². The van der Waals surface area contributed by atoms with Crippen LogP contribution in [0.1, 0.15) is 22.1 Å². The van der Waals surface area contributed by atoms with E-state index < -0.39 is 16.2 Å². The average Bonchev–Trinajstić information content (AvgIpc) is 2.83. The molecule has 5 rings (SSSR count). The number of fused-ring (bicyclic) bond motifs is 1. The Balaban J connectivity index is 1.25. The number of amides is 1. The van der Waals surface area contributed by atoms with E-state index in [1.807, 2.05) is 29.2 Å². The van der Waals surface area contributed by atoms with Gasteiger partial charge in [0.1, 0.15) is 11.1 Å². The summed E-state index contributed by atoms with van der Waals surface area (Å²) in [7, 11) is -3.61. The molecule has 0 aromatic heterocycles. The molecule has 3 aromatic carbocycles. The molecule has 1 fully saturated rings. The van der Waals surface area contributed by atoms with Gasteiger partial charge in [0.2, 0.25) is 10.0 Å². The number of hydrogen-bond acceptors (Lipinski definition) is 5. The molecule has 0 saturated carbocycles. The van der Waals surface area contributed by atoms with Gasteiger partial charge in [-0.05, 0) is 48.0 Å². The molecule has 7 nitrogen and oxygen atoms in total. The van der Waals surface area contributed by atoms with Gasteiger partial charge in [0.15, 0.2) is 0 Å². The van der Waals surface area contributed by atoms with Crippen LogP contribution in [0.2, 0.25) is 5.02 Å². The molecule has 9 heteroatoms. The van der Waals surface area contributed by atoms with E-state index in [2.05, 4.69) is 14.9 Å². The standard InChI is InChI=1S/C24H23ClN4O3S/c25-19-4-3-5-20(16-19)28-12-14-29(15-13-28)24(30)18-10-8-17(9-11-18)23-26-21-6-1-2-7-22(21)33(31,32)27-23/h1-11,16,23,26-27H,12-15H2. The lowest BCUT2D eigenvalue weighted by Gasteiger charge is -2.36. The van der Waals surface area contributed by atoms with Crippen molar-refractivity contribution < 1.29 is 13.2 Å². The van der Waals surface area contributed by atoms with Crippen molar-refractivity contribution in [2.45, 2.75) is 11.1 Å². The van der Waals surface area contributed by atoms with Gasteiger partial charge in [-0.25, -0.2) is 8.42 Å². The first kappa shape index (κ1) is 21.8. The lowest BCUT2D eigenvalue weighted by atomic mass is 10.1. The molecule has 3 aromatic rings. The SMILES string of the molecule is O=C(c1ccc(C2Nc3ccccc3S(=O)(=O)N2)cc1)N1CCN(c2cccc(Cl)c2)CC1. The summed E-state index contributed by atoms with van der Waals surface area (Å²) in [6, 6.07) is 21.6. The number of hydrogen-bond donors (Lipinski definition) is 2. The summed E-state index contributed by atoms with van der Waals surface area (Å²) in [5.74, 6) is -0.0326. The summed E-state index contributed by atoms with van der Waals surface area (Å²) in [5, 5.41) is 3.90. The van der Waals surface area contributed by atoms with Crippen LogP contribution >= 0.6 is 11.6 Å². The first-order valence-electron chi connectivity index (χ1n) is 10.7. The highest BCUT2D eigenvalue weighted by Gasteiger charge is 2.30. The molecule has 2 aliphatic rings. The summed E-state index contributed by atoms with van der Waals surface area (Å²) in [4.78, 5) is 17.3. The minimum Gasteiger partial charge on any atom is -0.368 e. The number of sulfonamides is 1. The highest BCUT2D eigenvalue weighted by atomic mass is 35.5. The molecule has 0 bridgehead atoms. The van der Waals surface area contributed by atoms with Gasteiger partial charge in [0.05, 0.1) is 5.69 Å². The number of nitrogens with one attached hydrogen (secondary N) is 2. The summed E-state index contributed by atoms with van der Waals surface area (Å²) in [6.07, 6.45) is -0.602. The number of piperazine rings is 1. The Hall–Kier alpha value is -3.07. The van der Waals surface area contributed by atoms with Crippen LogP contribution < -0.4 is 14.9 Å². The van der Waals surface area contributed by atoms with Crippen molar-refractivity contribution in [3.63, 3.8) is 0 Å². The fourth-order valence-electron chi connectivity index (χ4n) is 4.22. The third-order valence-electron chi connectivity index (χ3n) is 5.98. The third kappa shape index (κ3) is 4.42. The molecule has 0 aliphatic carbocycles. The van der Waals surface area contributed by atoms with E-state index in [-0.39, 0.29) is 10.8 Å². The number of benzene rings is 3. The van der Waals surface area contributed by atoms with Gasteiger partial charge in [-0.3, -0.25) is 4.79 Å². The van der Waals surface area contributed by atoms with Gasteiger partial charge in [-0.2, -0.15) is 4.72 Å². The highest BCUT2D eigenvalue weighted by molar-refractivity contribution is 7.89. The zero-order valence-corrected chi connectivity index (χ0v) is 19.3. The second-order valence-corrected chi connectivity index (χ2v) is 10.2. The first-order valence-corrected chi connectivity index (χ1v) is 12.5. The quantitative estimate of drug-likeness (QED) is 0.595. The second kappa shape index (κ2) is 8.70. The number of para-hydroxylation sites is 1. The minimum absolute atomic E-state index is 0.0326. The maximum Gasteiger partial charge on any atom is 0.253 e. The Bertz CT molecular complexity index is 1290. The van der Waals surface area contributed by atoms with E-state index in [0.29, 0.717) is 29.4 Å². The molecular formula is C24H23ClN4O3S. The Morgan fingerprint density at radius 2 is 1.64 bits per heavy atom. The fraction of sp³-hybridized carbons (Fsp3) is 0.208. The fourth-order valence-corrected chi connectivity index (χ4v) is 5.71. The molecule has 1 atom stereocenters. The van der Waals surface area contributed by atoms with Crippen LogP contribution in [-0.4, -0.2) is 45.4 Å². The molecule has 1 saturated heterocycles. The van der Waals surface area contributed by atoms with Crippen molar-refractivity contribution in [2.24, 2.45) is 0 Å². The van der Waals surface area contributed by atoms with Crippen molar-refractivity contribution in [3.8, 4) is 0 Å². The van der Waals surface area contributed by atoms with E-state index in [4.69, 9.17) is 11.6 Å². The van der Waals surface area contributed by atoms with Crippen LogP contribution in [0.15, 0.2) is 77.7 Å². The largest absolute Gasteiger partial charge is 0.368 e. The lowest BCUT2D eigenvalue weighted by molar-refractivity contribution is 0.0746. The molecule has 2 N–H and O–H groups in total. The van der Waals surface area contributed by atoms with Crippen LogP contribution in [0.5, 0.6) is 0 Å². The normalized spacial score (nSPS) is 19.5. The minimum atomic E-state index is -3.61. The van der Waals surface area contributed by atoms with E-state index in [1.54, 1.807) is 48.5 Å². The van der Waals surface area contributed by atoms with E-state index in [0.717, 1.165) is 24.3 Å². The van der Waals surface area contributed by atoms with Gasteiger partial charge in [0, 0.05) is 42.5 Å². The second-order valence-electron chi connectivity index (χ2n) is 8.08. The highest BCUT2D eigenvalue weighted by Crippen LogP contribution is 2.31. The number of carbonyl (C=O) groups is 1. The monoisotopic (exact) mass is 482 g/mol. The molecule has 0 radical (unpaired) electrons. The van der Waals surface area contributed by atoms with E-state index in [9.17, 15) is 13.2 Å². The molecule has 170 valence electrons. The van der Waals surface area contributed by atoms with Crippen LogP contribution in [0, 0.1) is 0 Å². The zero-order valence-electron chi connectivity index (χ0n) is 17.7. The predicted molar refractivity (Wildman–Crippen MR) is 129 cm³/mol. The van der Waals surface area contributed by atoms with Gasteiger partial charge in [-0.1, -0.05) is 41.9 Å². The van der Waals surface area contributed by atoms with Gasteiger partial charge < -0.3 is 15.1 Å². The van der Waals surface area contributed by atoms with Gasteiger partial charge in [-0.15, -0.1) is 0 Å². The molecule has 2 aliphatic heterocycles. The maximum absolute atomic E-state index is 13.0. The average molecular weight is 483 g/mol.